The normalized spacial score (nSPS) is 24.7. The first-order chi connectivity index (χ1) is 8.08. The molecule has 1 aromatic carbocycles. The van der Waals surface area contributed by atoms with Crippen LogP contribution in [0.15, 0.2) is 16.6 Å². The minimum absolute atomic E-state index is 0.297. The summed E-state index contributed by atoms with van der Waals surface area (Å²) in [7, 11) is 0. The first kappa shape index (κ1) is 13.5. The Morgan fingerprint density at radius 1 is 1.35 bits per heavy atom. The zero-order chi connectivity index (χ0) is 12.4. The highest BCUT2D eigenvalue weighted by atomic mass is 79.9. The molecule has 0 spiro atoms. The first-order valence-electron chi connectivity index (χ1n) is 5.59. The van der Waals surface area contributed by atoms with Crippen LogP contribution in [0.2, 0.25) is 10.0 Å². The van der Waals surface area contributed by atoms with E-state index in [1.165, 1.54) is 0 Å². The quantitative estimate of drug-likeness (QED) is 0.787. The van der Waals surface area contributed by atoms with Crippen molar-refractivity contribution in [3.8, 4) is 0 Å². The molecule has 0 bridgehead atoms. The van der Waals surface area contributed by atoms with Crippen molar-refractivity contribution in [2.24, 2.45) is 0 Å². The number of hydrogen-bond acceptors (Lipinski definition) is 2. The number of rotatable bonds is 2. The molecule has 1 aliphatic rings. The maximum absolute atomic E-state index is 6.20. The third-order valence-corrected chi connectivity index (χ3v) is 4.65. The smallest absolute Gasteiger partial charge is 0.0835 e. The minimum Gasteiger partial charge on any atom is -0.381 e. The molecule has 17 heavy (non-hydrogen) atoms. The Kier molecular flexibility index (Phi) is 4.59. The van der Waals surface area contributed by atoms with Gasteiger partial charge in [-0.15, -0.1) is 0 Å². The summed E-state index contributed by atoms with van der Waals surface area (Å²) in [5, 5.41) is 4.55. The third kappa shape index (κ3) is 3.28. The van der Waals surface area contributed by atoms with Gasteiger partial charge >= 0.3 is 0 Å². The van der Waals surface area contributed by atoms with Gasteiger partial charge in [0.05, 0.1) is 21.8 Å². The summed E-state index contributed by atoms with van der Waals surface area (Å²) >= 11 is 15.6. The maximum atomic E-state index is 6.20. The molecule has 2 atom stereocenters. The highest BCUT2D eigenvalue weighted by Crippen LogP contribution is 2.36. The second-order valence-corrected chi connectivity index (χ2v) is 5.88. The fourth-order valence-corrected chi connectivity index (χ4v) is 2.82. The van der Waals surface area contributed by atoms with E-state index in [1.807, 2.05) is 12.1 Å². The van der Waals surface area contributed by atoms with Crippen molar-refractivity contribution >= 4 is 44.8 Å². The maximum Gasteiger partial charge on any atom is 0.0835 e. The highest BCUT2D eigenvalue weighted by molar-refractivity contribution is 9.10. The summed E-state index contributed by atoms with van der Waals surface area (Å²) < 4.78 is 6.33. The lowest BCUT2D eigenvalue weighted by Gasteiger charge is -2.29. The first-order valence-corrected chi connectivity index (χ1v) is 7.14. The van der Waals surface area contributed by atoms with Crippen LogP contribution in [-0.4, -0.2) is 18.8 Å². The monoisotopic (exact) mass is 337 g/mol. The number of nitrogens with one attached hydrogen (secondary N) is 1. The molecule has 1 saturated heterocycles. The summed E-state index contributed by atoms with van der Waals surface area (Å²) in [4.78, 5) is 0. The van der Waals surface area contributed by atoms with Gasteiger partial charge in [0.25, 0.3) is 0 Å². The Hall–Kier alpha value is 0.0400. The predicted octanol–water partition coefficient (Wildman–Crippen LogP) is 4.74. The van der Waals surface area contributed by atoms with E-state index in [1.54, 1.807) is 0 Å². The van der Waals surface area contributed by atoms with Gasteiger partial charge in [0, 0.05) is 17.1 Å². The lowest BCUT2D eigenvalue weighted by molar-refractivity contribution is 0.0232. The topological polar surface area (TPSA) is 21.3 Å². The molecule has 1 N–H and O–H groups in total. The Labute approximate surface area is 120 Å². The molecule has 0 aromatic heterocycles. The van der Waals surface area contributed by atoms with E-state index in [4.69, 9.17) is 27.9 Å². The van der Waals surface area contributed by atoms with Gasteiger partial charge in [-0.2, -0.15) is 0 Å². The van der Waals surface area contributed by atoms with Crippen molar-refractivity contribution in [2.45, 2.75) is 31.9 Å². The van der Waals surface area contributed by atoms with Gasteiger partial charge in [-0.25, -0.2) is 0 Å². The lowest BCUT2D eigenvalue weighted by atomic mass is 10.0. The average molecular weight is 339 g/mol. The molecule has 94 valence electrons. The summed E-state index contributed by atoms with van der Waals surface area (Å²) in [6.45, 7) is 2.88. The van der Waals surface area contributed by atoms with Gasteiger partial charge in [0.15, 0.2) is 0 Å². The Morgan fingerprint density at radius 3 is 2.82 bits per heavy atom. The van der Waals surface area contributed by atoms with E-state index in [2.05, 4.69) is 28.2 Å². The number of benzene rings is 1. The molecular weight excluding hydrogens is 325 g/mol. The minimum atomic E-state index is 0.297. The molecule has 0 amide bonds. The molecule has 2 unspecified atom stereocenters. The predicted molar refractivity (Wildman–Crippen MR) is 76.2 cm³/mol. The standard InChI is InChI=1S/C12H14BrCl2NO/c1-7-6-8(4-5-17-7)16-10-3-2-9(13)11(14)12(10)15/h2-3,7-8,16H,4-6H2,1H3. The van der Waals surface area contributed by atoms with Crippen LogP contribution in [0.4, 0.5) is 5.69 Å². The summed E-state index contributed by atoms with van der Waals surface area (Å²) in [6, 6.07) is 4.24. The molecule has 0 radical (unpaired) electrons. The van der Waals surface area contributed by atoms with Gasteiger partial charge < -0.3 is 10.1 Å². The van der Waals surface area contributed by atoms with Crippen molar-refractivity contribution in [3.63, 3.8) is 0 Å². The fourth-order valence-electron chi connectivity index (χ4n) is 1.99. The van der Waals surface area contributed by atoms with E-state index in [0.29, 0.717) is 22.2 Å². The largest absolute Gasteiger partial charge is 0.381 e. The molecule has 0 aliphatic carbocycles. The summed E-state index contributed by atoms with van der Waals surface area (Å²) in [5.74, 6) is 0. The lowest BCUT2D eigenvalue weighted by Crippen LogP contribution is -2.32. The van der Waals surface area contributed by atoms with Gasteiger partial charge in [-0.1, -0.05) is 23.2 Å². The molecule has 5 heteroatoms. The summed E-state index contributed by atoms with van der Waals surface area (Å²) in [6.07, 6.45) is 2.28. The van der Waals surface area contributed by atoms with Crippen molar-refractivity contribution in [1.29, 1.82) is 0 Å². The molecule has 1 heterocycles. The number of anilines is 1. The van der Waals surface area contributed by atoms with E-state index in [-0.39, 0.29) is 0 Å². The summed E-state index contributed by atoms with van der Waals surface area (Å²) in [5.41, 5.74) is 0.888. The zero-order valence-corrected chi connectivity index (χ0v) is 12.6. The van der Waals surface area contributed by atoms with Crippen LogP contribution in [0.5, 0.6) is 0 Å². The Bertz CT molecular complexity index is 414. The van der Waals surface area contributed by atoms with Crippen molar-refractivity contribution in [2.75, 3.05) is 11.9 Å². The highest BCUT2D eigenvalue weighted by Gasteiger charge is 2.20. The second kappa shape index (κ2) is 5.79. The number of ether oxygens (including phenoxy) is 1. The average Bonchev–Trinajstić information content (AvgIpc) is 2.30. The van der Waals surface area contributed by atoms with E-state index < -0.39 is 0 Å². The van der Waals surface area contributed by atoms with E-state index in [0.717, 1.165) is 29.6 Å². The molecule has 2 rings (SSSR count). The van der Waals surface area contributed by atoms with Crippen molar-refractivity contribution in [3.05, 3.63) is 26.7 Å². The van der Waals surface area contributed by atoms with Crippen molar-refractivity contribution < 1.29 is 4.74 Å². The molecule has 2 nitrogen and oxygen atoms in total. The fraction of sp³-hybridized carbons (Fsp3) is 0.500. The van der Waals surface area contributed by atoms with Crippen LogP contribution in [-0.2, 0) is 4.74 Å². The van der Waals surface area contributed by atoms with E-state index >= 15 is 0 Å². The van der Waals surface area contributed by atoms with E-state index in [9.17, 15) is 0 Å². The van der Waals surface area contributed by atoms with Crippen molar-refractivity contribution in [1.82, 2.24) is 0 Å². The van der Waals surface area contributed by atoms with Crippen LogP contribution in [0.1, 0.15) is 19.8 Å². The van der Waals surface area contributed by atoms with Crippen LogP contribution in [0.3, 0.4) is 0 Å². The second-order valence-electron chi connectivity index (χ2n) is 4.27. The Balaban J connectivity index is 2.10. The van der Waals surface area contributed by atoms with Crippen LogP contribution < -0.4 is 5.32 Å². The molecule has 1 fully saturated rings. The molecular formula is C12H14BrCl2NO. The van der Waals surface area contributed by atoms with Gasteiger partial charge in [0.2, 0.25) is 0 Å². The van der Waals surface area contributed by atoms with Crippen LogP contribution in [0.25, 0.3) is 0 Å². The zero-order valence-electron chi connectivity index (χ0n) is 9.47. The van der Waals surface area contributed by atoms with Gasteiger partial charge in [0.1, 0.15) is 0 Å². The number of halogens is 3. The van der Waals surface area contributed by atoms with Gasteiger partial charge in [-0.3, -0.25) is 0 Å². The number of hydrogen-bond donors (Lipinski definition) is 1. The molecule has 0 saturated carbocycles. The Morgan fingerprint density at radius 2 is 2.12 bits per heavy atom. The SMILES string of the molecule is CC1CC(Nc2ccc(Br)c(Cl)c2Cl)CCO1. The third-order valence-electron chi connectivity index (χ3n) is 2.88. The molecule has 1 aromatic rings. The van der Waals surface area contributed by atoms with Crippen LogP contribution >= 0.6 is 39.1 Å². The van der Waals surface area contributed by atoms with Gasteiger partial charge in [-0.05, 0) is 47.8 Å². The molecule has 1 aliphatic heterocycles. The van der Waals surface area contributed by atoms with Crippen LogP contribution in [0, 0.1) is 0 Å².